The zero-order chi connectivity index (χ0) is 22.3. The number of anilines is 2. The second kappa shape index (κ2) is 8.36. The number of rotatable bonds is 4. The van der Waals surface area contributed by atoms with E-state index in [2.05, 4.69) is 5.32 Å². The van der Waals surface area contributed by atoms with Gasteiger partial charge in [0.1, 0.15) is 0 Å². The average molecular weight is 496 g/mol. The molecular formula is C22H17Cl3N2O3S. The lowest BCUT2D eigenvalue weighted by atomic mass is 10.1. The van der Waals surface area contributed by atoms with Crippen molar-refractivity contribution in [2.45, 2.75) is 24.3 Å². The van der Waals surface area contributed by atoms with Crippen molar-refractivity contribution in [1.82, 2.24) is 0 Å². The van der Waals surface area contributed by atoms with Gasteiger partial charge < -0.3 is 5.32 Å². The van der Waals surface area contributed by atoms with Crippen molar-refractivity contribution >= 4 is 62.1 Å². The van der Waals surface area contributed by atoms with Crippen LogP contribution in [-0.2, 0) is 16.4 Å². The molecule has 1 amide bonds. The van der Waals surface area contributed by atoms with Gasteiger partial charge in [-0.05, 0) is 73.5 Å². The van der Waals surface area contributed by atoms with Crippen LogP contribution in [-0.4, -0.2) is 20.4 Å². The molecule has 0 aromatic heterocycles. The van der Waals surface area contributed by atoms with Crippen molar-refractivity contribution in [3.05, 3.63) is 86.9 Å². The Kier molecular flexibility index (Phi) is 5.92. The lowest BCUT2D eigenvalue weighted by Crippen LogP contribution is -2.35. The van der Waals surface area contributed by atoms with Gasteiger partial charge in [0.25, 0.3) is 15.9 Å². The monoisotopic (exact) mass is 494 g/mol. The summed E-state index contributed by atoms with van der Waals surface area (Å²) < 4.78 is 27.8. The summed E-state index contributed by atoms with van der Waals surface area (Å²) in [4.78, 5) is 12.9. The van der Waals surface area contributed by atoms with Gasteiger partial charge in [-0.25, -0.2) is 8.42 Å². The average Bonchev–Trinajstić information content (AvgIpc) is 3.07. The molecule has 1 heterocycles. The molecule has 4 rings (SSSR count). The lowest BCUT2D eigenvalue weighted by molar-refractivity contribution is 0.102. The number of nitrogens with zero attached hydrogens (tertiary/aromatic N) is 1. The molecule has 0 bridgehead atoms. The highest BCUT2D eigenvalue weighted by molar-refractivity contribution is 7.92. The summed E-state index contributed by atoms with van der Waals surface area (Å²) in [6.07, 6.45) is 0.487. The summed E-state index contributed by atoms with van der Waals surface area (Å²) in [5.74, 6) is -0.362. The predicted octanol–water partition coefficient (Wildman–Crippen LogP) is 6.04. The van der Waals surface area contributed by atoms with E-state index in [-0.39, 0.29) is 21.9 Å². The van der Waals surface area contributed by atoms with E-state index in [1.54, 1.807) is 48.5 Å². The molecule has 0 saturated heterocycles. The SMILES string of the molecule is C[C@@H]1Cc2cc(C(=O)Nc3cccc(Cl)c3Cl)ccc2N1S(=O)(=O)c1ccc(Cl)cc1. The predicted molar refractivity (Wildman–Crippen MR) is 125 cm³/mol. The first-order chi connectivity index (χ1) is 14.7. The maximum Gasteiger partial charge on any atom is 0.264 e. The summed E-state index contributed by atoms with van der Waals surface area (Å²) >= 11 is 18.0. The van der Waals surface area contributed by atoms with Gasteiger partial charge >= 0.3 is 0 Å². The molecule has 31 heavy (non-hydrogen) atoms. The standard InChI is InChI=1S/C22H17Cl3N2O3S/c1-13-11-15-12-14(22(28)26-19-4-2-3-18(24)21(19)25)5-10-20(15)27(13)31(29,30)17-8-6-16(23)7-9-17/h2-10,12-13H,11H2,1H3,(H,26,28)/t13-/m1/s1. The van der Waals surface area contributed by atoms with Crippen molar-refractivity contribution in [3.63, 3.8) is 0 Å². The number of benzene rings is 3. The second-order valence-electron chi connectivity index (χ2n) is 7.21. The third kappa shape index (κ3) is 4.13. The molecule has 3 aromatic carbocycles. The fraction of sp³-hybridized carbons (Fsp3) is 0.136. The third-order valence-corrected chi connectivity index (χ3v) is 8.08. The Morgan fingerprint density at radius 1 is 1.03 bits per heavy atom. The molecule has 160 valence electrons. The molecule has 3 aromatic rings. The summed E-state index contributed by atoms with van der Waals surface area (Å²) in [7, 11) is -3.77. The van der Waals surface area contributed by atoms with Crippen molar-refractivity contribution in [2.75, 3.05) is 9.62 Å². The van der Waals surface area contributed by atoms with E-state index in [0.717, 1.165) is 5.56 Å². The first-order valence-corrected chi connectivity index (χ1v) is 11.9. The minimum atomic E-state index is -3.77. The first kappa shape index (κ1) is 22.0. The molecule has 0 aliphatic carbocycles. The van der Waals surface area contributed by atoms with Crippen LogP contribution in [0.1, 0.15) is 22.8 Å². The molecule has 0 saturated carbocycles. The van der Waals surface area contributed by atoms with Gasteiger partial charge in [0.2, 0.25) is 0 Å². The molecule has 1 aliphatic heterocycles. The van der Waals surface area contributed by atoms with Crippen LogP contribution in [0.25, 0.3) is 0 Å². The summed E-state index contributed by atoms with van der Waals surface area (Å²) in [6.45, 7) is 1.83. The molecular weight excluding hydrogens is 479 g/mol. The highest BCUT2D eigenvalue weighted by Gasteiger charge is 2.36. The second-order valence-corrected chi connectivity index (χ2v) is 10.2. The van der Waals surface area contributed by atoms with E-state index in [0.29, 0.717) is 33.4 Å². The maximum atomic E-state index is 13.2. The minimum absolute atomic E-state index is 0.161. The third-order valence-electron chi connectivity index (χ3n) is 5.07. The Balaban J connectivity index is 1.64. The Morgan fingerprint density at radius 2 is 1.74 bits per heavy atom. The van der Waals surface area contributed by atoms with Gasteiger partial charge in [-0.2, -0.15) is 0 Å². The van der Waals surface area contributed by atoms with E-state index in [9.17, 15) is 13.2 Å². The van der Waals surface area contributed by atoms with E-state index in [1.165, 1.54) is 16.4 Å². The number of fused-ring (bicyclic) bond motifs is 1. The zero-order valence-corrected chi connectivity index (χ0v) is 19.4. The van der Waals surface area contributed by atoms with Crippen LogP contribution in [0.5, 0.6) is 0 Å². The van der Waals surface area contributed by atoms with Gasteiger partial charge in [0.05, 0.1) is 26.3 Å². The van der Waals surface area contributed by atoms with Crippen LogP contribution in [0.3, 0.4) is 0 Å². The van der Waals surface area contributed by atoms with Crippen LogP contribution < -0.4 is 9.62 Å². The molecule has 1 aliphatic rings. The van der Waals surface area contributed by atoms with Gasteiger partial charge in [0.15, 0.2) is 0 Å². The quantitative estimate of drug-likeness (QED) is 0.480. The lowest BCUT2D eigenvalue weighted by Gasteiger charge is -2.24. The van der Waals surface area contributed by atoms with Crippen LogP contribution in [0.4, 0.5) is 11.4 Å². The van der Waals surface area contributed by atoms with Crippen molar-refractivity contribution in [2.24, 2.45) is 0 Å². The highest BCUT2D eigenvalue weighted by Crippen LogP contribution is 2.38. The molecule has 0 spiro atoms. The number of nitrogens with one attached hydrogen (secondary N) is 1. The van der Waals surface area contributed by atoms with Crippen molar-refractivity contribution < 1.29 is 13.2 Å². The van der Waals surface area contributed by atoms with Gasteiger partial charge in [-0.15, -0.1) is 0 Å². The van der Waals surface area contributed by atoms with Crippen molar-refractivity contribution in [1.29, 1.82) is 0 Å². The molecule has 0 radical (unpaired) electrons. The zero-order valence-electron chi connectivity index (χ0n) is 16.3. The van der Waals surface area contributed by atoms with E-state index < -0.39 is 10.0 Å². The van der Waals surface area contributed by atoms with E-state index in [4.69, 9.17) is 34.8 Å². The Bertz CT molecular complexity index is 1280. The van der Waals surface area contributed by atoms with E-state index >= 15 is 0 Å². The Hall–Kier alpha value is -2.25. The van der Waals surface area contributed by atoms with Crippen LogP contribution in [0.15, 0.2) is 65.6 Å². The molecule has 5 nitrogen and oxygen atoms in total. The van der Waals surface area contributed by atoms with Gasteiger partial charge in [0, 0.05) is 16.6 Å². The highest BCUT2D eigenvalue weighted by atomic mass is 35.5. The molecule has 1 N–H and O–H groups in total. The minimum Gasteiger partial charge on any atom is -0.321 e. The Morgan fingerprint density at radius 3 is 2.45 bits per heavy atom. The van der Waals surface area contributed by atoms with Crippen LogP contribution in [0.2, 0.25) is 15.1 Å². The first-order valence-electron chi connectivity index (χ1n) is 9.37. The molecule has 0 fully saturated rings. The van der Waals surface area contributed by atoms with Gasteiger partial charge in [-0.3, -0.25) is 9.10 Å². The fourth-order valence-corrected chi connectivity index (χ4v) is 5.79. The molecule has 1 atom stereocenters. The number of halogens is 3. The van der Waals surface area contributed by atoms with E-state index in [1.807, 2.05) is 6.92 Å². The van der Waals surface area contributed by atoms with Crippen molar-refractivity contribution in [3.8, 4) is 0 Å². The maximum absolute atomic E-state index is 13.2. The number of hydrogen-bond acceptors (Lipinski definition) is 3. The normalized spacial score (nSPS) is 15.6. The summed E-state index contributed by atoms with van der Waals surface area (Å²) in [6, 6.07) is 15.7. The largest absolute Gasteiger partial charge is 0.321 e. The topological polar surface area (TPSA) is 66.5 Å². The Labute approximate surface area is 195 Å². The number of hydrogen-bond donors (Lipinski definition) is 1. The van der Waals surface area contributed by atoms with Crippen LogP contribution >= 0.6 is 34.8 Å². The number of amides is 1. The molecule has 0 unspecified atom stereocenters. The van der Waals surface area contributed by atoms with Crippen LogP contribution in [0, 0.1) is 0 Å². The number of sulfonamides is 1. The smallest absolute Gasteiger partial charge is 0.264 e. The summed E-state index contributed by atoms with van der Waals surface area (Å²) in [5, 5.41) is 3.80. The summed E-state index contributed by atoms with van der Waals surface area (Å²) in [5.41, 5.74) is 2.13. The number of carbonyl (C=O) groups is 1. The van der Waals surface area contributed by atoms with Gasteiger partial charge in [-0.1, -0.05) is 40.9 Å². The number of carbonyl (C=O) groups excluding carboxylic acids is 1. The fourth-order valence-electron chi connectivity index (χ4n) is 3.63. The molecule has 9 heteroatoms.